The van der Waals surface area contributed by atoms with Crippen molar-refractivity contribution < 1.29 is 14.1 Å². The van der Waals surface area contributed by atoms with E-state index in [4.69, 9.17) is 9.26 Å². The molecule has 0 saturated carbocycles. The smallest absolute Gasteiger partial charge is 0.251 e. The highest BCUT2D eigenvalue weighted by molar-refractivity contribution is 7.13. The van der Waals surface area contributed by atoms with Crippen molar-refractivity contribution in [3.63, 3.8) is 0 Å². The van der Waals surface area contributed by atoms with Gasteiger partial charge in [-0.25, -0.2) is 0 Å². The molecule has 7 nitrogen and oxygen atoms in total. The van der Waals surface area contributed by atoms with Gasteiger partial charge in [0.2, 0.25) is 0 Å². The largest absolute Gasteiger partial charge is 0.365 e. The molecule has 1 aromatic carbocycles. The van der Waals surface area contributed by atoms with E-state index in [0.717, 1.165) is 4.88 Å². The van der Waals surface area contributed by atoms with Gasteiger partial charge in [-0.2, -0.15) is 5.10 Å². The topological polar surface area (TPSA) is 82.2 Å². The third kappa shape index (κ3) is 4.98. The maximum absolute atomic E-state index is 12.1. The Bertz CT molecular complexity index is 1090. The Morgan fingerprint density at radius 2 is 2.14 bits per heavy atom. The van der Waals surface area contributed by atoms with Crippen LogP contribution < -0.4 is 5.32 Å². The molecule has 4 aromatic rings. The van der Waals surface area contributed by atoms with Gasteiger partial charge in [0, 0.05) is 18.3 Å². The standard InChI is InChI=1S/C21H20N4O3S/c1-15-5-2-3-6-16(15)12-25-9-8-20(23-25)22-21(26)14-27-13-17-11-18(28-24-17)19-7-4-10-29-19/h2-11H,12-14H2,1H3,(H,22,23,26). The third-order valence-electron chi connectivity index (χ3n) is 4.31. The summed E-state index contributed by atoms with van der Waals surface area (Å²) in [4.78, 5) is 13.1. The van der Waals surface area contributed by atoms with E-state index in [1.165, 1.54) is 11.1 Å². The van der Waals surface area contributed by atoms with Gasteiger partial charge in [-0.3, -0.25) is 9.48 Å². The van der Waals surface area contributed by atoms with Gasteiger partial charge in [-0.1, -0.05) is 35.5 Å². The Morgan fingerprint density at radius 3 is 2.97 bits per heavy atom. The predicted octanol–water partition coefficient (Wildman–Crippen LogP) is 4.11. The number of aryl methyl sites for hydroxylation is 1. The minimum absolute atomic E-state index is 0.0914. The van der Waals surface area contributed by atoms with Crippen molar-refractivity contribution in [3.05, 3.63) is 76.9 Å². The number of hydrogen-bond donors (Lipinski definition) is 1. The Morgan fingerprint density at radius 1 is 1.24 bits per heavy atom. The minimum Gasteiger partial charge on any atom is -0.365 e. The van der Waals surface area contributed by atoms with E-state index in [-0.39, 0.29) is 19.1 Å². The summed E-state index contributed by atoms with van der Waals surface area (Å²) in [5.74, 6) is 0.920. The molecular weight excluding hydrogens is 388 g/mol. The van der Waals surface area contributed by atoms with Gasteiger partial charge in [-0.15, -0.1) is 11.3 Å². The summed E-state index contributed by atoms with van der Waals surface area (Å²) in [6.07, 6.45) is 1.84. The number of carbonyl (C=O) groups is 1. The van der Waals surface area contributed by atoms with Crippen LogP contribution in [0.3, 0.4) is 0 Å². The summed E-state index contributed by atoms with van der Waals surface area (Å²) < 4.78 is 12.5. The zero-order valence-electron chi connectivity index (χ0n) is 15.9. The highest BCUT2D eigenvalue weighted by atomic mass is 32.1. The normalized spacial score (nSPS) is 10.9. The van der Waals surface area contributed by atoms with Crippen LogP contribution in [0.2, 0.25) is 0 Å². The molecule has 0 saturated heterocycles. The molecule has 29 heavy (non-hydrogen) atoms. The van der Waals surface area contributed by atoms with Crippen molar-refractivity contribution in [1.82, 2.24) is 14.9 Å². The van der Waals surface area contributed by atoms with Crippen LogP contribution in [0.15, 0.2) is 64.6 Å². The summed E-state index contributed by atoms with van der Waals surface area (Å²) in [5.41, 5.74) is 3.03. The van der Waals surface area contributed by atoms with Gasteiger partial charge in [0.15, 0.2) is 11.6 Å². The third-order valence-corrected chi connectivity index (χ3v) is 5.19. The highest BCUT2D eigenvalue weighted by Crippen LogP contribution is 2.25. The zero-order chi connectivity index (χ0) is 20.1. The first kappa shape index (κ1) is 19.1. The molecule has 0 fully saturated rings. The number of rotatable bonds is 8. The first-order valence-corrected chi connectivity index (χ1v) is 10.0. The average Bonchev–Trinajstić information content (AvgIpc) is 3.45. The molecule has 148 valence electrons. The van der Waals surface area contributed by atoms with Gasteiger partial charge in [0.1, 0.15) is 12.3 Å². The Balaban J connectivity index is 1.24. The Labute approximate surface area is 171 Å². The van der Waals surface area contributed by atoms with E-state index >= 15 is 0 Å². The van der Waals surface area contributed by atoms with Crippen LogP contribution in [-0.4, -0.2) is 27.5 Å². The molecule has 1 N–H and O–H groups in total. The van der Waals surface area contributed by atoms with E-state index < -0.39 is 0 Å². The van der Waals surface area contributed by atoms with Crippen molar-refractivity contribution >= 4 is 23.1 Å². The zero-order valence-corrected chi connectivity index (χ0v) is 16.7. The number of carbonyl (C=O) groups excluding carboxylic acids is 1. The number of hydrogen-bond acceptors (Lipinski definition) is 6. The van der Waals surface area contributed by atoms with E-state index in [0.29, 0.717) is 23.8 Å². The number of aromatic nitrogens is 3. The van der Waals surface area contributed by atoms with Crippen LogP contribution in [0.25, 0.3) is 10.6 Å². The second kappa shape index (κ2) is 8.85. The molecule has 0 aliphatic heterocycles. The first-order chi connectivity index (χ1) is 14.2. The monoisotopic (exact) mass is 408 g/mol. The summed E-state index contributed by atoms with van der Waals surface area (Å²) >= 11 is 1.57. The number of anilines is 1. The lowest BCUT2D eigenvalue weighted by Crippen LogP contribution is -2.18. The molecule has 0 aliphatic carbocycles. The Kier molecular flexibility index (Phi) is 5.83. The maximum Gasteiger partial charge on any atom is 0.251 e. The lowest BCUT2D eigenvalue weighted by molar-refractivity contribution is -0.121. The first-order valence-electron chi connectivity index (χ1n) is 9.12. The molecule has 0 bridgehead atoms. The van der Waals surface area contributed by atoms with Crippen molar-refractivity contribution in [2.75, 3.05) is 11.9 Å². The molecule has 3 aromatic heterocycles. The SMILES string of the molecule is Cc1ccccc1Cn1ccc(NC(=O)COCc2cc(-c3cccs3)on2)n1. The number of nitrogens with one attached hydrogen (secondary N) is 1. The fourth-order valence-corrected chi connectivity index (χ4v) is 3.49. The van der Waals surface area contributed by atoms with E-state index in [2.05, 4.69) is 34.6 Å². The quantitative estimate of drug-likeness (QED) is 0.474. The summed E-state index contributed by atoms with van der Waals surface area (Å²) in [7, 11) is 0. The van der Waals surface area contributed by atoms with Crippen molar-refractivity contribution in [2.45, 2.75) is 20.1 Å². The average molecular weight is 408 g/mol. The fraction of sp³-hybridized carbons (Fsp3) is 0.190. The number of amides is 1. The van der Waals surface area contributed by atoms with Crippen molar-refractivity contribution in [1.29, 1.82) is 0 Å². The van der Waals surface area contributed by atoms with Gasteiger partial charge in [0.25, 0.3) is 5.91 Å². The lowest BCUT2D eigenvalue weighted by atomic mass is 10.1. The summed E-state index contributed by atoms with van der Waals surface area (Å²) in [5, 5.41) is 13.1. The molecule has 0 aliphatic rings. The van der Waals surface area contributed by atoms with Crippen LogP contribution >= 0.6 is 11.3 Å². The number of thiophene rings is 1. The maximum atomic E-state index is 12.1. The molecule has 0 atom stereocenters. The van der Waals surface area contributed by atoms with Crippen molar-refractivity contribution in [3.8, 4) is 10.6 Å². The van der Waals surface area contributed by atoms with Gasteiger partial charge in [-0.05, 0) is 29.5 Å². The number of ether oxygens (including phenoxy) is 1. The van der Waals surface area contributed by atoms with Crippen LogP contribution in [0.5, 0.6) is 0 Å². The predicted molar refractivity (Wildman–Crippen MR) is 111 cm³/mol. The van der Waals surface area contributed by atoms with Gasteiger partial charge in [0.05, 0.1) is 18.0 Å². The van der Waals surface area contributed by atoms with E-state index in [9.17, 15) is 4.79 Å². The van der Waals surface area contributed by atoms with Crippen molar-refractivity contribution in [2.24, 2.45) is 0 Å². The fourth-order valence-electron chi connectivity index (χ4n) is 2.82. The second-order valence-electron chi connectivity index (χ2n) is 6.53. The summed E-state index contributed by atoms with van der Waals surface area (Å²) in [6, 6.07) is 15.6. The lowest BCUT2D eigenvalue weighted by Gasteiger charge is -2.06. The van der Waals surface area contributed by atoms with E-state index in [1.54, 1.807) is 22.1 Å². The van der Waals surface area contributed by atoms with Crippen LogP contribution in [0.4, 0.5) is 5.82 Å². The molecule has 3 heterocycles. The molecule has 8 heteroatoms. The van der Waals surface area contributed by atoms with Gasteiger partial charge >= 0.3 is 0 Å². The molecule has 0 spiro atoms. The van der Waals surface area contributed by atoms with E-state index in [1.807, 2.05) is 41.9 Å². The molecule has 4 rings (SSSR count). The second-order valence-corrected chi connectivity index (χ2v) is 7.47. The van der Waals surface area contributed by atoms with Crippen LogP contribution in [0, 0.1) is 6.92 Å². The molecular formula is C21H20N4O3S. The Hall–Kier alpha value is -3.23. The van der Waals surface area contributed by atoms with Gasteiger partial charge < -0.3 is 14.6 Å². The molecule has 0 unspecified atom stereocenters. The summed E-state index contributed by atoms with van der Waals surface area (Å²) in [6.45, 7) is 2.82. The highest BCUT2D eigenvalue weighted by Gasteiger charge is 2.10. The minimum atomic E-state index is -0.270. The van der Waals surface area contributed by atoms with Crippen LogP contribution in [0.1, 0.15) is 16.8 Å². The molecule has 1 amide bonds. The van der Waals surface area contributed by atoms with Crippen LogP contribution in [-0.2, 0) is 22.7 Å². The number of benzene rings is 1. The number of nitrogens with zero attached hydrogens (tertiary/aromatic N) is 3. The molecule has 0 radical (unpaired) electrons.